The van der Waals surface area contributed by atoms with Crippen molar-refractivity contribution >= 4 is 11.5 Å². The monoisotopic (exact) mass is 304 g/mol. The van der Waals surface area contributed by atoms with Gasteiger partial charge in [-0.3, -0.25) is 9.80 Å². The minimum absolute atomic E-state index is 0.0395. The molecule has 23 heavy (non-hydrogen) atoms. The van der Waals surface area contributed by atoms with Crippen molar-refractivity contribution in [3.63, 3.8) is 0 Å². The highest BCUT2D eigenvalue weighted by Gasteiger charge is 2.29. The molecule has 1 heterocycles. The van der Waals surface area contributed by atoms with Crippen molar-refractivity contribution in [1.82, 2.24) is 5.01 Å². The lowest BCUT2D eigenvalue weighted by Gasteiger charge is -2.24. The highest BCUT2D eigenvalue weighted by Crippen LogP contribution is 2.35. The number of hydrazone groups is 1. The second kappa shape index (κ2) is 6.61. The number of hydrogen-bond acceptors (Lipinski definition) is 3. The van der Waals surface area contributed by atoms with Gasteiger partial charge in [-0.2, -0.15) is 5.10 Å². The first-order valence-electron chi connectivity index (χ1n) is 7.81. The number of nitrogens with zero attached hydrogens (tertiary/aromatic N) is 2. The number of carbonyl (C=O) groups excluding carboxylic acids is 1. The summed E-state index contributed by atoms with van der Waals surface area (Å²) in [6, 6.07) is 20.7. The Bertz CT molecular complexity index is 748. The number of hydrogen-bond donors (Lipinski definition) is 0. The predicted octanol–water partition coefficient (Wildman–Crippen LogP) is 4.33. The molecule has 2 aromatic carbocycles. The quantitative estimate of drug-likeness (QED) is 0.788. The van der Waals surface area contributed by atoms with Crippen LogP contribution in [-0.4, -0.2) is 16.5 Å². The molecule has 2 aromatic rings. The molecule has 0 saturated heterocycles. The summed E-state index contributed by atoms with van der Waals surface area (Å²) in [5.74, 6) is 0.0395. The fourth-order valence-corrected chi connectivity index (χ4v) is 2.94. The molecular formula is C20H20N2O. The Balaban J connectivity index is 1.98. The van der Waals surface area contributed by atoms with E-state index < -0.39 is 0 Å². The van der Waals surface area contributed by atoms with Gasteiger partial charge in [-0.25, -0.2) is 0 Å². The van der Waals surface area contributed by atoms with Gasteiger partial charge in [0.05, 0.1) is 11.8 Å². The molecule has 3 nitrogen and oxygen atoms in total. The minimum atomic E-state index is 0.0395. The van der Waals surface area contributed by atoms with Gasteiger partial charge >= 0.3 is 0 Å². The third kappa shape index (κ3) is 3.39. The van der Waals surface area contributed by atoms with E-state index in [9.17, 15) is 4.79 Å². The third-order valence-electron chi connectivity index (χ3n) is 3.98. The molecule has 1 aliphatic rings. The van der Waals surface area contributed by atoms with Gasteiger partial charge in [0.25, 0.3) is 0 Å². The fraction of sp³-hybridized carbons (Fsp3) is 0.200. The van der Waals surface area contributed by atoms with E-state index in [0.29, 0.717) is 0 Å². The van der Waals surface area contributed by atoms with Crippen LogP contribution in [0.15, 0.2) is 77.5 Å². The summed E-state index contributed by atoms with van der Waals surface area (Å²) in [7, 11) is 0. The van der Waals surface area contributed by atoms with Crippen molar-refractivity contribution in [3.05, 3.63) is 83.6 Å². The summed E-state index contributed by atoms with van der Waals surface area (Å²) in [5, 5.41) is 6.77. The Hall–Kier alpha value is -2.68. The summed E-state index contributed by atoms with van der Waals surface area (Å²) < 4.78 is 0. The van der Waals surface area contributed by atoms with Gasteiger partial charge in [0.15, 0.2) is 5.78 Å². The average Bonchev–Trinajstić information content (AvgIpc) is 3.01. The van der Waals surface area contributed by atoms with Gasteiger partial charge in [-0.15, -0.1) is 0 Å². The topological polar surface area (TPSA) is 32.7 Å². The molecule has 1 unspecified atom stereocenters. The van der Waals surface area contributed by atoms with Crippen LogP contribution in [0.25, 0.3) is 0 Å². The second-order valence-corrected chi connectivity index (χ2v) is 5.78. The molecule has 0 bridgehead atoms. The van der Waals surface area contributed by atoms with E-state index in [-0.39, 0.29) is 11.8 Å². The Morgan fingerprint density at radius 2 is 1.65 bits per heavy atom. The van der Waals surface area contributed by atoms with Gasteiger partial charge in [-0.05, 0) is 25.0 Å². The average molecular weight is 304 g/mol. The van der Waals surface area contributed by atoms with Crippen LogP contribution in [-0.2, 0) is 4.79 Å². The van der Waals surface area contributed by atoms with Crippen molar-refractivity contribution in [3.8, 4) is 0 Å². The van der Waals surface area contributed by atoms with Crippen molar-refractivity contribution < 1.29 is 4.79 Å². The highest BCUT2D eigenvalue weighted by atomic mass is 16.1. The van der Waals surface area contributed by atoms with E-state index in [1.807, 2.05) is 48.3 Å². The van der Waals surface area contributed by atoms with Crippen LogP contribution in [0.5, 0.6) is 0 Å². The lowest BCUT2D eigenvalue weighted by molar-refractivity contribution is -0.112. The maximum atomic E-state index is 11.5. The van der Waals surface area contributed by atoms with Crippen molar-refractivity contribution in [2.24, 2.45) is 5.10 Å². The predicted molar refractivity (Wildman–Crippen MR) is 93.1 cm³/mol. The molecule has 0 spiro atoms. The smallest absolute Gasteiger partial charge is 0.154 e. The number of carbonyl (C=O) groups is 1. The zero-order valence-electron chi connectivity index (χ0n) is 13.4. The molecule has 3 rings (SSSR count). The summed E-state index contributed by atoms with van der Waals surface area (Å²) in [5.41, 5.74) is 4.26. The summed E-state index contributed by atoms with van der Waals surface area (Å²) in [6.45, 7) is 3.51. The number of benzene rings is 2. The fourth-order valence-electron chi connectivity index (χ4n) is 2.94. The van der Waals surface area contributed by atoms with Crippen LogP contribution in [0, 0.1) is 0 Å². The number of allylic oxidation sites excluding steroid dienone is 2. The van der Waals surface area contributed by atoms with Crippen LogP contribution in [0.3, 0.4) is 0 Å². The van der Waals surface area contributed by atoms with Gasteiger partial charge in [0.1, 0.15) is 0 Å². The van der Waals surface area contributed by atoms with E-state index in [1.165, 1.54) is 5.56 Å². The van der Waals surface area contributed by atoms with Crippen LogP contribution < -0.4 is 0 Å². The first-order chi connectivity index (χ1) is 11.1. The summed E-state index contributed by atoms with van der Waals surface area (Å²) >= 11 is 0. The molecule has 1 aliphatic heterocycles. The van der Waals surface area contributed by atoms with Crippen molar-refractivity contribution in [2.45, 2.75) is 26.3 Å². The lowest BCUT2D eigenvalue weighted by Crippen LogP contribution is -2.18. The second-order valence-electron chi connectivity index (χ2n) is 5.78. The van der Waals surface area contributed by atoms with Crippen LogP contribution in [0.1, 0.15) is 37.4 Å². The van der Waals surface area contributed by atoms with E-state index >= 15 is 0 Å². The SMILES string of the molecule is CC(=O)C=C(C)N1N=C(c2ccccc2)CC1c1ccccc1. The van der Waals surface area contributed by atoms with Crippen LogP contribution in [0.2, 0.25) is 0 Å². The molecule has 0 aromatic heterocycles. The first kappa shape index (κ1) is 15.2. The van der Waals surface area contributed by atoms with Gasteiger partial charge < -0.3 is 0 Å². The molecule has 0 fully saturated rings. The molecule has 0 aliphatic carbocycles. The van der Waals surface area contributed by atoms with E-state index in [1.54, 1.807) is 13.0 Å². The lowest BCUT2D eigenvalue weighted by atomic mass is 9.98. The molecule has 3 heteroatoms. The highest BCUT2D eigenvalue weighted by molar-refractivity contribution is 6.02. The number of ketones is 1. The standard InChI is InChI=1S/C20H20N2O/c1-15(13-16(2)23)22-20(18-11-7-4-8-12-18)14-19(21-22)17-9-5-3-6-10-17/h3-13,20H,14H2,1-2H3. The van der Waals surface area contributed by atoms with Crippen molar-refractivity contribution in [1.29, 1.82) is 0 Å². The molecule has 0 amide bonds. The number of rotatable bonds is 4. The maximum Gasteiger partial charge on any atom is 0.154 e. The molecule has 1 atom stereocenters. The zero-order valence-corrected chi connectivity index (χ0v) is 13.4. The Kier molecular flexibility index (Phi) is 4.38. The van der Waals surface area contributed by atoms with E-state index in [4.69, 9.17) is 5.10 Å². The molecule has 0 saturated carbocycles. The maximum absolute atomic E-state index is 11.5. The zero-order chi connectivity index (χ0) is 16.2. The summed E-state index contributed by atoms with van der Waals surface area (Å²) in [4.78, 5) is 11.5. The summed E-state index contributed by atoms with van der Waals surface area (Å²) in [6.07, 6.45) is 2.48. The third-order valence-corrected chi connectivity index (χ3v) is 3.98. The molecule has 116 valence electrons. The Morgan fingerprint density at radius 3 is 2.26 bits per heavy atom. The Morgan fingerprint density at radius 1 is 1.04 bits per heavy atom. The molecule has 0 N–H and O–H groups in total. The van der Waals surface area contributed by atoms with Crippen molar-refractivity contribution in [2.75, 3.05) is 0 Å². The van der Waals surface area contributed by atoms with Gasteiger partial charge in [-0.1, -0.05) is 60.7 Å². The van der Waals surface area contributed by atoms with Crippen LogP contribution >= 0.6 is 0 Å². The van der Waals surface area contributed by atoms with Gasteiger partial charge in [0.2, 0.25) is 0 Å². The molecule has 0 radical (unpaired) electrons. The normalized spacial score (nSPS) is 18.0. The largest absolute Gasteiger partial charge is 0.295 e. The van der Waals surface area contributed by atoms with E-state index in [2.05, 4.69) is 24.3 Å². The van der Waals surface area contributed by atoms with Crippen LogP contribution in [0.4, 0.5) is 0 Å². The van der Waals surface area contributed by atoms with E-state index in [0.717, 1.165) is 23.4 Å². The molecular weight excluding hydrogens is 284 g/mol. The minimum Gasteiger partial charge on any atom is -0.295 e. The Labute approximate surface area is 136 Å². The van der Waals surface area contributed by atoms with Gasteiger partial charge in [0, 0.05) is 18.2 Å². The first-order valence-corrected chi connectivity index (χ1v) is 7.81.